The van der Waals surface area contributed by atoms with E-state index in [0.29, 0.717) is 13.2 Å². The number of fused-ring (bicyclic) bond motifs is 1. The maximum absolute atomic E-state index is 5.60. The van der Waals surface area contributed by atoms with Crippen LogP contribution in [0.3, 0.4) is 0 Å². The molecule has 3 rings (SSSR count). The second-order valence-corrected chi connectivity index (χ2v) is 5.93. The van der Waals surface area contributed by atoms with E-state index in [4.69, 9.17) is 9.47 Å². The van der Waals surface area contributed by atoms with E-state index >= 15 is 0 Å². The molecule has 5 heteroatoms. The number of hydrogen-bond donors (Lipinski definition) is 1. The van der Waals surface area contributed by atoms with Crippen LogP contribution in [0.25, 0.3) is 0 Å². The third kappa shape index (κ3) is 2.94. The van der Waals surface area contributed by atoms with Crippen LogP contribution in [0.4, 0.5) is 0 Å². The van der Waals surface area contributed by atoms with Gasteiger partial charge in [-0.25, -0.2) is 4.98 Å². The standard InChI is InChI=1S/C15H18N2O2S/c1-10(13-9-20-11(2)17-13)16-8-12-3-4-14-15(7-12)19-6-5-18-14/h3-4,7,9-10,16H,5-6,8H2,1-2H3. The van der Waals surface area contributed by atoms with Crippen LogP contribution in [0, 0.1) is 6.92 Å². The zero-order valence-corrected chi connectivity index (χ0v) is 12.5. The number of benzene rings is 1. The van der Waals surface area contributed by atoms with Crippen molar-refractivity contribution in [3.05, 3.63) is 39.8 Å². The molecule has 1 atom stereocenters. The van der Waals surface area contributed by atoms with E-state index in [2.05, 4.69) is 28.7 Å². The summed E-state index contributed by atoms with van der Waals surface area (Å²) in [6.45, 7) is 6.20. The van der Waals surface area contributed by atoms with Crippen LogP contribution >= 0.6 is 11.3 Å². The number of aryl methyl sites for hydroxylation is 1. The molecule has 1 aliphatic rings. The molecule has 1 aromatic carbocycles. The molecule has 1 N–H and O–H groups in total. The van der Waals surface area contributed by atoms with E-state index in [0.717, 1.165) is 28.7 Å². The molecule has 1 aromatic heterocycles. The molecule has 0 fully saturated rings. The molecule has 0 saturated heterocycles. The number of hydrogen-bond acceptors (Lipinski definition) is 5. The fourth-order valence-electron chi connectivity index (χ4n) is 2.15. The van der Waals surface area contributed by atoms with Gasteiger partial charge in [0.2, 0.25) is 0 Å². The van der Waals surface area contributed by atoms with E-state index < -0.39 is 0 Å². The first-order valence-corrected chi connectivity index (χ1v) is 7.64. The van der Waals surface area contributed by atoms with E-state index in [1.54, 1.807) is 11.3 Å². The molecule has 0 spiro atoms. The van der Waals surface area contributed by atoms with Crippen molar-refractivity contribution >= 4 is 11.3 Å². The molecule has 0 amide bonds. The van der Waals surface area contributed by atoms with Crippen LogP contribution in [0.1, 0.15) is 29.2 Å². The topological polar surface area (TPSA) is 43.4 Å². The number of nitrogens with zero attached hydrogens (tertiary/aromatic N) is 1. The summed E-state index contributed by atoms with van der Waals surface area (Å²) in [5.41, 5.74) is 2.29. The summed E-state index contributed by atoms with van der Waals surface area (Å²) in [5, 5.41) is 6.70. The largest absolute Gasteiger partial charge is 0.486 e. The van der Waals surface area contributed by atoms with E-state index in [1.807, 2.05) is 19.1 Å². The molecule has 2 heterocycles. The molecule has 106 valence electrons. The van der Waals surface area contributed by atoms with Crippen LogP contribution in [0.15, 0.2) is 23.6 Å². The zero-order chi connectivity index (χ0) is 13.9. The molecule has 4 nitrogen and oxygen atoms in total. The van der Waals surface area contributed by atoms with Crippen molar-refractivity contribution in [3.8, 4) is 11.5 Å². The highest BCUT2D eigenvalue weighted by Crippen LogP contribution is 2.30. The van der Waals surface area contributed by atoms with Gasteiger partial charge >= 0.3 is 0 Å². The molecule has 0 aliphatic carbocycles. The monoisotopic (exact) mass is 290 g/mol. The fourth-order valence-corrected chi connectivity index (χ4v) is 2.86. The highest BCUT2D eigenvalue weighted by Gasteiger charge is 2.13. The summed E-state index contributed by atoms with van der Waals surface area (Å²) in [7, 11) is 0. The van der Waals surface area contributed by atoms with Crippen molar-refractivity contribution in [2.75, 3.05) is 13.2 Å². The average Bonchev–Trinajstić information content (AvgIpc) is 2.91. The van der Waals surface area contributed by atoms with Gasteiger partial charge in [0.05, 0.1) is 10.7 Å². The van der Waals surface area contributed by atoms with E-state index in [9.17, 15) is 0 Å². The predicted molar refractivity (Wildman–Crippen MR) is 79.5 cm³/mol. The van der Waals surface area contributed by atoms with Crippen LogP contribution in [-0.4, -0.2) is 18.2 Å². The van der Waals surface area contributed by atoms with Gasteiger partial charge in [0, 0.05) is 18.0 Å². The Labute approximate surface area is 122 Å². The number of nitrogens with one attached hydrogen (secondary N) is 1. The highest BCUT2D eigenvalue weighted by atomic mass is 32.1. The Bertz CT molecular complexity index is 597. The summed E-state index contributed by atoms with van der Waals surface area (Å²) < 4.78 is 11.1. The molecule has 20 heavy (non-hydrogen) atoms. The van der Waals surface area contributed by atoms with Gasteiger partial charge in [-0.15, -0.1) is 11.3 Å². The van der Waals surface area contributed by atoms with Gasteiger partial charge < -0.3 is 14.8 Å². The minimum Gasteiger partial charge on any atom is -0.486 e. The Morgan fingerprint density at radius 2 is 2.10 bits per heavy atom. The number of aromatic nitrogens is 1. The normalized spacial score (nSPS) is 15.1. The Morgan fingerprint density at radius 1 is 1.30 bits per heavy atom. The molecule has 0 bridgehead atoms. The molecular formula is C15H18N2O2S. The van der Waals surface area contributed by atoms with Crippen molar-refractivity contribution in [1.29, 1.82) is 0 Å². The summed E-state index contributed by atoms with van der Waals surface area (Å²) in [4.78, 5) is 4.50. The Hall–Kier alpha value is -1.59. The van der Waals surface area contributed by atoms with Crippen molar-refractivity contribution in [2.24, 2.45) is 0 Å². The van der Waals surface area contributed by atoms with Gasteiger partial charge in [0.25, 0.3) is 0 Å². The maximum atomic E-state index is 5.60. The van der Waals surface area contributed by atoms with E-state index in [-0.39, 0.29) is 6.04 Å². The molecule has 0 saturated carbocycles. The predicted octanol–water partition coefficient (Wildman–Crippen LogP) is 3.07. The van der Waals surface area contributed by atoms with Gasteiger partial charge in [-0.1, -0.05) is 6.07 Å². The van der Waals surface area contributed by atoms with E-state index in [1.165, 1.54) is 5.56 Å². The number of ether oxygens (including phenoxy) is 2. The molecule has 0 radical (unpaired) electrons. The summed E-state index contributed by atoms with van der Waals surface area (Å²) in [6, 6.07) is 6.33. The third-order valence-electron chi connectivity index (χ3n) is 3.30. The summed E-state index contributed by atoms with van der Waals surface area (Å²) >= 11 is 1.69. The second-order valence-electron chi connectivity index (χ2n) is 4.87. The Morgan fingerprint density at radius 3 is 2.85 bits per heavy atom. The van der Waals surface area contributed by atoms with Crippen molar-refractivity contribution in [2.45, 2.75) is 26.4 Å². The second kappa shape index (κ2) is 5.81. The first-order chi connectivity index (χ1) is 9.72. The van der Waals surface area contributed by atoms with Gasteiger partial charge in [-0.3, -0.25) is 0 Å². The molecular weight excluding hydrogens is 272 g/mol. The lowest BCUT2D eigenvalue weighted by atomic mass is 10.1. The zero-order valence-electron chi connectivity index (χ0n) is 11.7. The van der Waals surface area contributed by atoms with Crippen LogP contribution in [0.2, 0.25) is 0 Å². The number of rotatable bonds is 4. The smallest absolute Gasteiger partial charge is 0.161 e. The summed E-state index contributed by atoms with van der Waals surface area (Å²) in [5.74, 6) is 1.68. The minimum absolute atomic E-state index is 0.244. The number of thiazole rings is 1. The van der Waals surface area contributed by atoms with Crippen LogP contribution in [-0.2, 0) is 6.54 Å². The maximum Gasteiger partial charge on any atom is 0.161 e. The first-order valence-electron chi connectivity index (χ1n) is 6.76. The lowest BCUT2D eigenvalue weighted by molar-refractivity contribution is 0.171. The minimum atomic E-state index is 0.244. The average molecular weight is 290 g/mol. The van der Waals surface area contributed by atoms with Gasteiger partial charge in [-0.2, -0.15) is 0 Å². The van der Waals surface area contributed by atoms with Crippen LogP contribution in [0.5, 0.6) is 11.5 Å². The van der Waals surface area contributed by atoms with Gasteiger partial charge in [0.1, 0.15) is 13.2 Å². The molecule has 1 aliphatic heterocycles. The van der Waals surface area contributed by atoms with Gasteiger partial charge in [0.15, 0.2) is 11.5 Å². The van der Waals surface area contributed by atoms with Crippen LogP contribution < -0.4 is 14.8 Å². The van der Waals surface area contributed by atoms with Gasteiger partial charge in [-0.05, 0) is 31.5 Å². The first kappa shape index (κ1) is 13.4. The SMILES string of the molecule is Cc1nc(C(C)NCc2ccc3c(c2)OCCO3)cs1. The third-order valence-corrected chi connectivity index (χ3v) is 4.09. The highest BCUT2D eigenvalue weighted by molar-refractivity contribution is 7.09. The Balaban J connectivity index is 1.63. The lowest BCUT2D eigenvalue weighted by Gasteiger charge is -2.19. The Kier molecular flexibility index (Phi) is 3.89. The van der Waals surface area contributed by atoms with Crippen molar-refractivity contribution in [1.82, 2.24) is 10.3 Å². The summed E-state index contributed by atoms with van der Waals surface area (Å²) in [6.07, 6.45) is 0. The lowest BCUT2D eigenvalue weighted by Crippen LogP contribution is -2.19. The quantitative estimate of drug-likeness (QED) is 0.940. The molecule has 2 aromatic rings. The fraction of sp³-hybridized carbons (Fsp3) is 0.400. The van der Waals surface area contributed by atoms with Crippen molar-refractivity contribution in [3.63, 3.8) is 0 Å². The molecule has 1 unspecified atom stereocenters. The van der Waals surface area contributed by atoms with Crippen molar-refractivity contribution < 1.29 is 9.47 Å².